The van der Waals surface area contributed by atoms with Crippen molar-refractivity contribution in [1.29, 1.82) is 0 Å². The Kier molecular flexibility index (Phi) is 41.5. The molecule has 0 bridgehead atoms. The molecule has 0 heterocycles. The van der Waals surface area contributed by atoms with Gasteiger partial charge in [-0.2, -0.15) is 0 Å². The fourth-order valence-corrected chi connectivity index (χ4v) is 8.08. The Bertz CT molecular complexity index is 1300. The minimum atomic E-state index is -4.87. The van der Waals surface area contributed by atoms with Crippen LogP contribution in [0.5, 0.6) is 0 Å². The van der Waals surface area contributed by atoms with Gasteiger partial charge < -0.3 is 29.3 Å². The summed E-state index contributed by atoms with van der Waals surface area (Å²) >= 11 is 0. The first-order valence-electron chi connectivity index (χ1n) is 24.8. The first-order valence-corrected chi connectivity index (χ1v) is 27.9. The quantitative estimate of drug-likeness (QED) is 0.0147. The van der Waals surface area contributed by atoms with Crippen molar-refractivity contribution >= 4 is 33.4 Å². The Morgan fingerprint density at radius 3 is 1.50 bits per heavy atom. The van der Waals surface area contributed by atoms with Gasteiger partial charge in [-0.15, -0.1) is 0 Å². The highest BCUT2D eigenvalue weighted by molar-refractivity contribution is 7.47. The second-order valence-corrected chi connectivity index (χ2v) is 20.3. The molecule has 376 valence electrons. The Morgan fingerprint density at radius 1 is 0.531 bits per heavy atom. The number of rotatable bonds is 47. The summed E-state index contributed by atoms with van der Waals surface area (Å²) in [5, 5.41) is 9.77. The van der Waals surface area contributed by atoms with Gasteiger partial charge in [0.1, 0.15) is 12.7 Å². The fraction of sp³-hybridized carbons (Fsp3) is 0.854. The van der Waals surface area contributed by atoms with E-state index in [-0.39, 0.29) is 18.6 Å². The van der Waals surface area contributed by atoms with E-state index in [1.165, 1.54) is 96.3 Å². The van der Waals surface area contributed by atoms with Crippen LogP contribution in [0.25, 0.3) is 0 Å². The zero-order chi connectivity index (χ0) is 47.6. The molecule has 0 aromatic heterocycles. The third-order valence-electron chi connectivity index (χ3n) is 10.7. The lowest BCUT2D eigenvalue weighted by atomic mass is 10.0. The normalized spacial score (nSPS) is 14.1. The van der Waals surface area contributed by atoms with E-state index in [2.05, 4.69) is 25.3 Å². The molecule has 1 unspecified atom stereocenters. The van der Waals surface area contributed by atoms with Crippen molar-refractivity contribution < 1.29 is 66.3 Å². The van der Waals surface area contributed by atoms with Gasteiger partial charge in [-0.05, 0) is 44.1 Å². The second kappa shape index (κ2) is 42.6. The molecular formula is C48H90O14P2. The van der Waals surface area contributed by atoms with Gasteiger partial charge in [-0.1, -0.05) is 187 Å². The zero-order valence-corrected chi connectivity index (χ0v) is 41.8. The average Bonchev–Trinajstić information content (AvgIpc) is 3.24. The molecule has 0 aliphatic heterocycles. The van der Waals surface area contributed by atoms with Crippen LogP contribution in [-0.2, 0) is 46.6 Å². The largest absolute Gasteiger partial charge is 0.472 e. The van der Waals surface area contributed by atoms with Crippen molar-refractivity contribution in [2.45, 2.75) is 232 Å². The molecule has 0 aliphatic rings. The van der Waals surface area contributed by atoms with Gasteiger partial charge in [0, 0.05) is 19.3 Å². The third kappa shape index (κ3) is 46.8. The Morgan fingerprint density at radius 2 is 0.984 bits per heavy atom. The van der Waals surface area contributed by atoms with E-state index in [4.69, 9.17) is 28.3 Å². The summed E-state index contributed by atoms with van der Waals surface area (Å²) in [5.41, 5.74) is 0. The molecule has 3 atom stereocenters. The van der Waals surface area contributed by atoms with Crippen molar-refractivity contribution in [2.24, 2.45) is 5.92 Å². The second-order valence-electron chi connectivity index (χ2n) is 17.6. The topological polar surface area (TPSA) is 212 Å². The number of carbonyl (C=O) groups is 3. The molecular weight excluding hydrogens is 862 g/mol. The standard InChI is InChI=1S/C48H90O14P2/c1-4-5-29-35-44(49)36-31-26-22-18-16-20-24-28-33-38-48(52)62-46(42-61-64(56,57)60-40-45(50)39-59-63(53,54)55)41-58-47(51)37-32-27-23-19-15-13-11-9-7-6-8-10-12-14-17-21-25-30-34-43(2)3/h22,26,31,36,43,45-46,50H,4-21,23-25,27-30,32-35,37-42H2,1-3H3,(H,56,57)(H2,53,54,55)/b26-22-,36-31+/t45-,46+/m0/s1. The summed E-state index contributed by atoms with van der Waals surface area (Å²) in [7, 11) is -9.70. The number of allylic oxidation sites excluding steroid dienone is 4. The fourth-order valence-electron chi connectivity index (χ4n) is 6.93. The lowest BCUT2D eigenvalue weighted by molar-refractivity contribution is -0.161. The van der Waals surface area contributed by atoms with Crippen LogP contribution in [0.2, 0.25) is 0 Å². The highest BCUT2D eigenvalue weighted by Crippen LogP contribution is 2.44. The van der Waals surface area contributed by atoms with Crippen LogP contribution in [-0.4, -0.2) is 76.1 Å². The van der Waals surface area contributed by atoms with Crippen LogP contribution >= 0.6 is 15.6 Å². The Balaban J connectivity index is 4.42. The van der Waals surface area contributed by atoms with E-state index in [0.29, 0.717) is 19.3 Å². The van der Waals surface area contributed by atoms with Crippen LogP contribution < -0.4 is 0 Å². The van der Waals surface area contributed by atoms with Crippen molar-refractivity contribution in [3.8, 4) is 0 Å². The number of hydrogen-bond donors (Lipinski definition) is 4. The van der Waals surface area contributed by atoms with Crippen molar-refractivity contribution in [1.82, 2.24) is 0 Å². The number of ketones is 1. The van der Waals surface area contributed by atoms with Gasteiger partial charge in [0.05, 0.1) is 19.8 Å². The molecule has 14 nitrogen and oxygen atoms in total. The average molecular weight is 953 g/mol. The third-order valence-corrected chi connectivity index (χ3v) is 12.2. The summed E-state index contributed by atoms with van der Waals surface area (Å²) in [6, 6.07) is 0. The van der Waals surface area contributed by atoms with E-state index in [9.17, 15) is 33.5 Å². The number of aliphatic hydroxyl groups excluding tert-OH is 1. The molecule has 0 amide bonds. The molecule has 0 radical (unpaired) electrons. The molecule has 0 aliphatic carbocycles. The van der Waals surface area contributed by atoms with Crippen LogP contribution in [0, 0.1) is 5.92 Å². The van der Waals surface area contributed by atoms with Crippen molar-refractivity contribution in [3.05, 3.63) is 24.3 Å². The number of phosphoric acid groups is 2. The highest BCUT2D eigenvalue weighted by atomic mass is 31.2. The lowest BCUT2D eigenvalue weighted by Crippen LogP contribution is -2.30. The lowest BCUT2D eigenvalue weighted by Gasteiger charge is -2.20. The van der Waals surface area contributed by atoms with Gasteiger partial charge in [0.25, 0.3) is 0 Å². The minimum Gasteiger partial charge on any atom is -0.462 e. The van der Waals surface area contributed by atoms with Crippen LogP contribution in [0.3, 0.4) is 0 Å². The first-order chi connectivity index (χ1) is 30.6. The molecule has 16 heteroatoms. The molecule has 0 saturated heterocycles. The van der Waals surface area contributed by atoms with Gasteiger partial charge in [-0.3, -0.25) is 28.0 Å². The number of ether oxygens (including phenoxy) is 2. The summed E-state index contributed by atoms with van der Waals surface area (Å²) in [5.74, 6) is -0.105. The van der Waals surface area contributed by atoms with Gasteiger partial charge in [0.2, 0.25) is 0 Å². The summed E-state index contributed by atoms with van der Waals surface area (Å²) < 4.78 is 47.9. The molecule has 0 rings (SSSR count). The molecule has 0 aromatic rings. The highest BCUT2D eigenvalue weighted by Gasteiger charge is 2.28. The molecule has 0 aromatic carbocycles. The van der Waals surface area contributed by atoms with Crippen LogP contribution in [0.4, 0.5) is 0 Å². The molecule has 0 fully saturated rings. The van der Waals surface area contributed by atoms with Crippen LogP contribution in [0.1, 0.15) is 220 Å². The SMILES string of the molecule is CCCCCC(=O)/C=C/C=C\CCCCCCCC(=O)O[C@H](COC(=O)CCCCCCCCCCCCCCCCCCCCC(C)C)COP(=O)(O)OC[C@@H](O)COP(=O)(O)O. The van der Waals surface area contributed by atoms with Crippen molar-refractivity contribution in [3.63, 3.8) is 0 Å². The predicted octanol–water partition coefficient (Wildman–Crippen LogP) is 12.5. The maximum absolute atomic E-state index is 12.7. The molecule has 0 saturated carbocycles. The summed E-state index contributed by atoms with van der Waals surface area (Å²) in [6.07, 6.45) is 37.2. The Hall–Kier alpha value is -1.73. The van der Waals surface area contributed by atoms with E-state index in [1.54, 1.807) is 12.2 Å². The summed E-state index contributed by atoms with van der Waals surface area (Å²) in [4.78, 5) is 64.6. The maximum Gasteiger partial charge on any atom is 0.472 e. The van der Waals surface area contributed by atoms with Gasteiger partial charge >= 0.3 is 27.6 Å². The van der Waals surface area contributed by atoms with E-state index < -0.39 is 66.2 Å². The van der Waals surface area contributed by atoms with E-state index >= 15 is 0 Å². The molecule has 4 N–H and O–H groups in total. The van der Waals surface area contributed by atoms with Gasteiger partial charge in [0.15, 0.2) is 11.9 Å². The van der Waals surface area contributed by atoms with E-state index in [0.717, 1.165) is 76.5 Å². The van der Waals surface area contributed by atoms with Gasteiger partial charge in [-0.25, -0.2) is 9.13 Å². The van der Waals surface area contributed by atoms with Crippen molar-refractivity contribution in [2.75, 3.05) is 26.4 Å². The molecule has 0 spiro atoms. The van der Waals surface area contributed by atoms with E-state index in [1.807, 2.05) is 12.2 Å². The smallest absolute Gasteiger partial charge is 0.462 e. The first kappa shape index (κ1) is 62.3. The number of phosphoric ester groups is 2. The minimum absolute atomic E-state index is 0.0828. The zero-order valence-electron chi connectivity index (χ0n) is 40.1. The number of aliphatic hydroxyl groups is 1. The number of carbonyl (C=O) groups excluding carboxylic acids is 3. The maximum atomic E-state index is 12.7. The monoisotopic (exact) mass is 953 g/mol. The number of unbranched alkanes of at least 4 members (excludes halogenated alkanes) is 24. The predicted molar refractivity (Wildman–Crippen MR) is 253 cm³/mol. The summed E-state index contributed by atoms with van der Waals surface area (Å²) in [6.45, 7) is 3.94. The van der Waals surface area contributed by atoms with Crippen LogP contribution in [0.15, 0.2) is 24.3 Å². The molecule has 64 heavy (non-hydrogen) atoms. The number of hydrogen-bond acceptors (Lipinski definition) is 11. The Labute approximate surface area is 387 Å². The number of esters is 2.